The molecule has 20 heavy (non-hydrogen) atoms. The van der Waals surface area contributed by atoms with E-state index >= 15 is 0 Å². The molecule has 2 rings (SSSR count). The highest BCUT2D eigenvalue weighted by Crippen LogP contribution is 2.48. The van der Waals surface area contributed by atoms with E-state index in [1.807, 2.05) is 6.07 Å². The van der Waals surface area contributed by atoms with Gasteiger partial charge in [0.25, 0.3) is 0 Å². The van der Waals surface area contributed by atoms with Crippen LogP contribution in [0.25, 0.3) is 0 Å². The third kappa shape index (κ3) is 2.09. The number of para-hydroxylation sites is 1. The minimum Gasteiger partial charge on any atom is -0.496 e. The van der Waals surface area contributed by atoms with Crippen LogP contribution in [0.1, 0.15) is 47.1 Å². The van der Waals surface area contributed by atoms with Gasteiger partial charge in [0.2, 0.25) is 0 Å². The molecular weight excluding hydrogens is 244 g/mol. The summed E-state index contributed by atoms with van der Waals surface area (Å²) in [5.41, 5.74) is 7.15. The summed E-state index contributed by atoms with van der Waals surface area (Å²) in [7, 11) is 1.75. The van der Waals surface area contributed by atoms with E-state index in [2.05, 4.69) is 59.7 Å². The Balaban J connectivity index is 2.62. The molecule has 0 aromatic heterocycles. The van der Waals surface area contributed by atoms with Crippen LogP contribution in [0.4, 0.5) is 0 Å². The zero-order valence-electron chi connectivity index (χ0n) is 13.8. The number of allylic oxidation sites excluding steroid dienone is 4. The van der Waals surface area contributed by atoms with Crippen molar-refractivity contribution in [2.75, 3.05) is 7.11 Å². The number of hydrogen-bond donors (Lipinski definition) is 0. The average molecular weight is 270 g/mol. The van der Waals surface area contributed by atoms with Gasteiger partial charge in [-0.2, -0.15) is 0 Å². The fourth-order valence-corrected chi connectivity index (χ4v) is 3.62. The van der Waals surface area contributed by atoms with Gasteiger partial charge in [-0.3, -0.25) is 0 Å². The largest absolute Gasteiger partial charge is 0.496 e. The zero-order chi connectivity index (χ0) is 15.1. The maximum atomic E-state index is 5.58. The molecule has 1 aromatic rings. The Morgan fingerprint density at radius 1 is 1.00 bits per heavy atom. The zero-order valence-corrected chi connectivity index (χ0v) is 13.8. The summed E-state index contributed by atoms with van der Waals surface area (Å²) in [5, 5.41) is 0. The van der Waals surface area contributed by atoms with Crippen molar-refractivity contribution in [3.63, 3.8) is 0 Å². The quantitative estimate of drug-likeness (QED) is 0.726. The van der Waals surface area contributed by atoms with Crippen LogP contribution in [0, 0.1) is 5.92 Å². The Bertz CT molecular complexity index is 588. The van der Waals surface area contributed by atoms with Crippen molar-refractivity contribution in [3.05, 3.63) is 52.1 Å². The topological polar surface area (TPSA) is 9.23 Å². The van der Waals surface area contributed by atoms with Crippen LogP contribution in [-0.2, 0) is 5.41 Å². The average Bonchev–Trinajstić information content (AvgIpc) is 2.63. The van der Waals surface area contributed by atoms with Crippen LogP contribution < -0.4 is 4.74 Å². The van der Waals surface area contributed by atoms with E-state index in [1.165, 1.54) is 27.9 Å². The highest BCUT2D eigenvalue weighted by molar-refractivity contribution is 5.57. The van der Waals surface area contributed by atoms with E-state index in [1.54, 1.807) is 7.11 Å². The molecule has 0 heterocycles. The van der Waals surface area contributed by atoms with Crippen LogP contribution >= 0.6 is 0 Å². The molecule has 0 saturated carbocycles. The SMILES string of the molecule is COc1ccccc1C(C)(C)C1=C(C)C(C)C(C)=C1C. The van der Waals surface area contributed by atoms with E-state index in [-0.39, 0.29) is 5.41 Å². The lowest BCUT2D eigenvalue weighted by Crippen LogP contribution is -2.22. The van der Waals surface area contributed by atoms with Crippen molar-refractivity contribution in [2.24, 2.45) is 5.92 Å². The van der Waals surface area contributed by atoms with Gasteiger partial charge in [-0.25, -0.2) is 0 Å². The Hall–Kier alpha value is -1.50. The van der Waals surface area contributed by atoms with Gasteiger partial charge in [0.1, 0.15) is 5.75 Å². The predicted molar refractivity (Wildman–Crippen MR) is 86.3 cm³/mol. The molecule has 0 amide bonds. The van der Waals surface area contributed by atoms with E-state index in [4.69, 9.17) is 4.74 Å². The van der Waals surface area contributed by atoms with E-state index < -0.39 is 0 Å². The van der Waals surface area contributed by atoms with Crippen molar-refractivity contribution >= 4 is 0 Å². The summed E-state index contributed by atoms with van der Waals surface area (Å²) in [6.07, 6.45) is 0. The molecule has 108 valence electrons. The molecule has 0 fully saturated rings. The lowest BCUT2D eigenvalue weighted by atomic mass is 9.74. The van der Waals surface area contributed by atoms with E-state index in [0.717, 1.165) is 5.75 Å². The summed E-state index contributed by atoms with van der Waals surface area (Å²) >= 11 is 0. The van der Waals surface area contributed by atoms with Crippen LogP contribution in [0.2, 0.25) is 0 Å². The Morgan fingerprint density at radius 2 is 1.60 bits per heavy atom. The van der Waals surface area contributed by atoms with Crippen molar-refractivity contribution in [3.8, 4) is 5.75 Å². The molecule has 1 heteroatoms. The highest BCUT2D eigenvalue weighted by Gasteiger charge is 2.36. The van der Waals surface area contributed by atoms with Crippen molar-refractivity contribution < 1.29 is 4.74 Å². The number of methoxy groups -OCH3 is 1. The summed E-state index contributed by atoms with van der Waals surface area (Å²) in [4.78, 5) is 0. The summed E-state index contributed by atoms with van der Waals surface area (Å²) in [6, 6.07) is 8.37. The summed E-state index contributed by atoms with van der Waals surface area (Å²) in [6.45, 7) is 13.7. The van der Waals surface area contributed by atoms with Gasteiger partial charge in [0, 0.05) is 11.0 Å². The smallest absolute Gasteiger partial charge is 0.122 e. The lowest BCUT2D eigenvalue weighted by Gasteiger charge is -2.31. The first-order valence-corrected chi connectivity index (χ1v) is 7.34. The number of hydrogen-bond acceptors (Lipinski definition) is 1. The van der Waals surface area contributed by atoms with Crippen molar-refractivity contribution in [1.29, 1.82) is 0 Å². The van der Waals surface area contributed by atoms with Gasteiger partial charge in [-0.05, 0) is 43.9 Å². The molecule has 1 unspecified atom stereocenters. The predicted octanol–water partition coefficient (Wildman–Crippen LogP) is 5.28. The van der Waals surface area contributed by atoms with Gasteiger partial charge in [-0.1, -0.05) is 50.1 Å². The summed E-state index contributed by atoms with van der Waals surface area (Å²) in [5.74, 6) is 1.53. The molecule has 0 aliphatic heterocycles. The Kier molecular flexibility index (Phi) is 3.82. The first-order chi connectivity index (χ1) is 9.32. The molecule has 0 spiro atoms. The van der Waals surface area contributed by atoms with Crippen molar-refractivity contribution in [2.45, 2.75) is 47.0 Å². The van der Waals surface area contributed by atoms with Crippen LogP contribution in [-0.4, -0.2) is 7.11 Å². The second-order valence-corrected chi connectivity index (χ2v) is 6.41. The minimum atomic E-state index is -0.0349. The van der Waals surface area contributed by atoms with Crippen LogP contribution in [0.15, 0.2) is 46.6 Å². The number of rotatable bonds is 3. The third-order valence-corrected chi connectivity index (χ3v) is 5.07. The first kappa shape index (κ1) is 14.9. The van der Waals surface area contributed by atoms with Crippen LogP contribution in [0.5, 0.6) is 5.75 Å². The molecule has 0 bridgehead atoms. The Labute approximate surface area is 123 Å². The standard InChI is InChI=1S/C19H26O/c1-12-13(2)15(4)18(14(12)3)19(5,6)16-10-8-9-11-17(16)20-7/h8-12H,1-7H3. The molecule has 0 radical (unpaired) electrons. The van der Waals surface area contributed by atoms with Gasteiger partial charge < -0.3 is 4.74 Å². The van der Waals surface area contributed by atoms with Gasteiger partial charge in [0.15, 0.2) is 0 Å². The van der Waals surface area contributed by atoms with Crippen molar-refractivity contribution in [1.82, 2.24) is 0 Å². The fourth-order valence-electron chi connectivity index (χ4n) is 3.62. The van der Waals surface area contributed by atoms with Gasteiger partial charge in [0.05, 0.1) is 7.11 Å². The highest BCUT2D eigenvalue weighted by atomic mass is 16.5. The second kappa shape index (κ2) is 5.12. The molecule has 1 aromatic carbocycles. The van der Waals surface area contributed by atoms with Gasteiger partial charge >= 0.3 is 0 Å². The molecular formula is C19H26O. The molecule has 0 N–H and O–H groups in total. The molecule has 0 saturated heterocycles. The maximum Gasteiger partial charge on any atom is 0.122 e. The normalized spacial score (nSPS) is 19.9. The summed E-state index contributed by atoms with van der Waals surface area (Å²) < 4.78 is 5.58. The first-order valence-electron chi connectivity index (χ1n) is 7.34. The fraction of sp³-hybridized carbons (Fsp3) is 0.474. The molecule has 1 atom stereocenters. The van der Waals surface area contributed by atoms with Crippen LogP contribution in [0.3, 0.4) is 0 Å². The lowest BCUT2D eigenvalue weighted by molar-refractivity contribution is 0.400. The minimum absolute atomic E-state index is 0.0349. The molecule has 1 aliphatic carbocycles. The molecule has 1 aliphatic rings. The third-order valence-electron chi connectivity index (χ3n) is 5.07. The monoisotopic (exact) mass is 270 g/mol. The number of benzene rings is 1. The molecule has 1 nitrogen and oxygen atoms in total. The Morgan fingerprint density at radius 3 is 2.10 bits per heavy atom. The second-order valence-electron chi connectivity index (χ2n) is 6.41. The van der Waals surface area contributed by atoms with E-state index in [0.29, 0.717) is 5.92 Å². The van der Waals surface area contributed by atoms with E-state index in [9.17, 15) is 0 Å². The number of ether oxygens (including phenoxy) is 1. The maximum absolute atomic E-state index is 5.58. The van der Waals surface area contributed by atoms with Gasteiger partial charge in [-0.15, -0.1) is 0 Å².